The standard InChI is InChI=1S/C10H17N3O/c1-10(2,3)4-7-14-9-8(11)12-5-6-13-9/h5-6H,4,7H2,1-3H3,(H2,11,12). The summed E-state index contributed by atoms with van der Waals surface area (Å²) in [4.78, 5) is 7.87. The van der Waals surface area contributed by atoms with Gasteiger partial charge in [-0.05, 0) is 11.8 Å². The second-order valence-electron chi connectivity index (χ2n) is 4.41. The number of anilines is 1. The largest absolute Gasteiger partial charge is 0.475 e. The van der Waals surface area contributed by atoms with Crippen LogP contribution in [0.4, 0.5) is 5.82 Å². The number of rotatable bonds is 3. The smallest absolute Gasteiger partial charge is 0.257 e. The fourth-order valence-corrected chi connectivity index (χ4v) is 0.901. The molecule has 4 nitrogen and oxygen atoms in total. The summed E-state index contributed by atoms with van der Waals surface area (Å²) in [5.74, 6) is 0.776. The van der Waals surface area contributed by atoms with E-state index in [1.165, 1.54) is 0 Å². The molecule has 1 heterocycles. The molecule has 0 fully saturated rings. The second-order valence-corrected chi connectivity index (χ2v) is 4.41. The monoisotopic (exact) mass is 195 g/mol. The molecular weight excluding hydrogens is 178 g/mol. The molecule has 0 aromatic carbocycles. The average Bonchev–Trinajstić information content (AvgIpc) is 2.06. The minimum atomic E-state index is 0.261. The van der Waals surface area contributed by atoms with Crippen LogP contribution in [0.5, 0.6) is 5.88 Å². The number of nitrogens with two attached hydrogens (primary N) is 1. The number of nitrogen functional groups attached to an aromatic ring is 1. The maximum atomic E-state index is 5.57. The first-order valence-corrected chi connectivity index (χ1v) is 4.68. The van der Waals surface area contributed by atoms with Crippen LogP contribution in [0.2, 0.25) is 0 Å². The van der Waals surface area contributed by atoms with Crippen LogP contribution in [0.3, 0.4) is 0 Å². The summed E-state index contributed by atoms with van der Waals surface area (Å²) in [6, 6.07) is 0. The van der Waals surface area contributed by atoms with Crippen molar-refractivity contribution < 1.29 is 4.74 Å². The zero-order chi connectivity index (χ0) is 10.6. The first kappa shape index (κ1) is 10.8. The van der Waals surface area contributed by atoms with Crippen molar-refractivity contribution in [3.05, 3.63) is 12.4 Å². The van der Waals surface area contributed by atoms with Gasteiger partial charge in [0.2, 0.25) is 0 Å². The van der Waals surface area contributed by atoms with Crippen molar-refractivity contribution in [1.82, 2.24) is 9.97 Å². The molecule has 0 aliphatic rings. The van der Waals surface area contributed by atoms with Gasteiger partial charge in [-0.2, -0.15) is 0 Å². The van der Waals surface area contributed by atoms with Gasteiger partial charge < -0.3 is 10.5 Å². The molecule has 0 aliphatic heterocycles. The van der Waals surface area contributed by atoms with Gasteiger partial charge in [0.25, 0.3) is 5.88 Å². The first-order valence-electron chi connectivity index (χ1n) is 4.68. The summed E-state index contributed by atoms with van der Waals surface area (Å²) in [6.45, 7) is 7.11. The molecule has 0 atom stereocenters. The van der Waals surface area contributed by atoms with Crippen LogP contribution in [0, 0.1) is 5.41 Å². The Morgan fingerprint density at radius 1 is 1.29 bits per heavy atom. The van der Waals surface area contributed by atoms with Crippen LogP contribution < -0.4 is 10.5 Å². The van der Waals surface area contributed by atoms with E-state index in [9.17, 15) is 0 Å². The van der Waals surface area contributed by atoms with Gasteiger partial charge in [0.05, 0.1) is 6.61 Å². The van der Waals surface area contributed by atoms with Crippen molar-refractivity contribution in [2.45, 2.75) is 27.2 Å². The number of hydrogen-bond donors (Lipinski definition) is 1. The van der Waals surface area contributed by atoms with Crippen molar-refractivity contribution in [1.29, 1.82) is 0 Å². The summed E-state index contributed by atoms with van der Waals surface area (Å²) in [6.07, 6.45) is 4.08. The molecule has 1 rings (SSSR count). The Balaban J connectivity index is 2.43. The van der Waals surface area contributed by atoms with Crippen LogP contribution in [0.1, 0.15) is 27.2 Å². The molecular formula is C10H17N3O. The molecule has 78 valence electrons. The van der Waals surface area contributed by atoms with E-state index in [1.807, 2.05) is 0 Å². The molecule has 1 aromatic rings. The lowest BCUT2D eigenvalue weighted by molar-refractivity contribution is 0.237. The van der Waals surface area contributed by atoms with E-state index >= 15 is 0 Å². The fraction of sp³-hybridized carbons (Fsp3) is 0.600. The average molecular weight is 195 g/mol. The van der Waals surface area contributed by atoms with Gasteiger partial charge in [0.1, 0.15) is 0 Å². The van der Waals surface area contributed by atoms with Crippen molar-refractivity contribution in [2.75, 3.05) is 12.3 Å². The lowest BCUT2D eigenvalue weighted by atomic mass is 9.93. The summed E-state index contributed by atoms with van der Waals surface area (Å²) < 4.78 is 5.41. The SMILES string of the molecule is CC(C)(C)CCOc1nccnc1N. The van der Waals surface area contributed by atoms with E-state index in [0.29, 0.717) is 18.3 Å². The minimum Gasteiger partial charge on any atom is -0.475 e. The van der Waals surface area contributed by atoms with E-state index in [2.05, 4.69) is 30.7 Å². The maximum absolute atomic E-state index is 5.57. The summed E-state index contributed by atoms with van der Waals surface area (Å²) >= 11 is 0. The quantitative estimate of drug-likeness (QED) is 0.799. The first-order chi connectivity index (χ1) is 6.49. The highest BCUT2D eigenvalue weighted by atomic mass is 16.5. The Hall–Kier alpha value is -1.32. The number of nitrogens with zero attached hydrogens (tertiary/aromatic N) is 2. The van der Waals surface area contributed by atoms with E-state index in [4.69, 9.17) is 10.5 Å². The molecule has 2 N–H and O–H groups in total. The molecule has 0 saturated carbocycles. The van der Waals surface area contributed by atoms with Crippen LogP contribution in [0.15, 0.2) is 12.4 Å². The minimum absolute atomic E-state index is 0.261. The summed E-state index contributed by atoms with van der Waals surface area (Å²) in [7, 11) is 0. The summed E-state index contributed by atoms with van der Waals surface area (Å²) in [5, 5.41) is 0. The van der Waals surface area contributed by atoms with Crippen LogP contribution >= 0.6 is 0 Å². The van der Waals surface area contributed by atoms with E-state index in [0.717, 1.165) is 6.42 Å². The van der Waals surface area contributed by atoms with Crippen LogP contribution in [-0.4, -0.2) is 16.6 Å². The van der Waals surface area contributed by atoms with Crippen LogP contribution in [-0.2, 0) is 0 Å². The molecule has 0 radical (unpaired) electrons. The van der Waals surface area contributed by atoms with E-state index in [-0.39, 0.29) is 5.41 Å². The number of aromatic nitrogens is 2. The third kappa shape index (κ3) is 3.60. The third-order valence-corrected chi connectivity index (χ3v) is 1.78. The third-order valence-electron chi connectivity index (χ3n) is 1.78. The predicted octanol–water partition coefficient (Wildman–Crippen LogP) is 1.87. The lowest BCUT2D eigenvalue weighted by Crippen LogP contribution is -2.12. The highest BCUT2D eigenvalue weighted by Gasteiger charge is 2.10. The fourth-order valence-electron chi connectivity index (χ4n) is 0.901. The van der Waals surface area contributed by atoms with Gasteiger partial charge in [-0.1, -0.05) is 20.8 Å². The van der Waals surface area contributed by atoms with Crippen molar-refractivity contribution >= 4 is 5.82 Å². The molecule has 0 aliphatic carbocycles. The maximum Gasteiger partial charge on any atom is 0.257 e. The van der Waals surface area contributed by atoms with Crippen molar-refractivity contribution in [3.8, 4) is 5.88 Å². The van der Waals surface area contributed by atoms with E-state index < -0.39 is 0 Å². The van der Waals surface area contributed by atoms with Crippen LogP contribution in [0.25, 0.3) is 0 Å². The van der Waals surface area contributed by atoms with Crippen molar-refractivity contribution in [2.24, 2.45) is 5.41 Å². The van der Waals surface area contributed by atoms with Gasteiger partial charge in [0.15, 0.2) is 5.82 Å². The molecule has 1 aromatic heterocycles. The highest BCUT2D eigenvalue weighted by Crippen LogP contribution is 2.20. The van der Waals surface area contributed by atoms with Gasteiger partial charge in [-0.15, -0.1) is 0 Å². The predicted molar refractivity (Wildman–Crippen MR) is 56.0 cm³/mol. The molecule has 0 amide bonds. The molecule has 4 heteroatoms. The molecule has 0 unspecified atom stereocenters. The molecule has 14 heavy (non-hydrogen) atoms. The van der Waals surface area contributed by atoms with Gasteiger partial charge in [-0.25, -0.2) is 9.97 Å². The highest BCUT2D eigenvalue weighted by molar-refractivity contribution is 5.38. The zero-order valence-electron chi connectivity index (χ0n) is 8.95. The summed E-state index contributed by atoms with van der Waals surface area (Å²) in [5.41, 5.74) is 5.83. The Kier molecular flexibility index (Phi) is 3.28. The number of ether oxygens (including phenoxy) is 1. The topological polar surface area (TPSA) is 61.0 Å². The second kappa shape index (κ2) is 4.26. The Morgan fingerprint density at radius 3 is 2.50 bits per heavy atom. The van der Waals surface area contributed by atoms with Crippen molar-refractivity contribution in [3.63, 3.8) is 0 Å². The normalized spacial score (nSPS) is 11.4. The Labute approximate surface area is 84.5 Å². The molecule has 0 saturated heterocycles. The molecule has 0 bridgehead atoms. The number of hydrogen-bond acceptors (Lipinski definition) is 4. The Bertz CT molecular complexity index is 294. The lowest BCUT2D eigenvalue weighted by Gasteiger charge is -2.17. The van der Waals surface area contributed by atoms with Gasteiger partial charge in [-0.3, -0.25) is 0 Å². The van der Waals surface area contributed by atoms with E-state index in [1.54, 1.807) is 12.4 Å². The molecule has 0 spiro atoms. The zero-order valence-corrected chi connectivity index (χ0v) is 8.95. The van der Waals surface area contributed by atoms with Gasteiger partial charge in [0, 0.05) is 12.4 Å². The Morgan fingerprint density at radius 2 is 1.93 bits per heavy atom. The van der Waals surface area contributed by atoms with Gasteiger partial charge >= 0.3 is 0 Å².